The van der Waals surface area contributed by atoms with Gasteiger partial charge in [0.2, 0.25) is 5.91 Å². The number of carbonyl (C=O) groups is 2. The first kappa shape index (κ1) is 20.1. The van der Waals surface area contributed by atoms with Crippen LogP contribution in [0.3, 0.4) is 0 Å². The van der Waals surface area contributed by atoms with Crippen molar-refractivity contribution in [3.05, 3.63) is 0 Å². The molecular formula is C21H35N3O4. The van der Waals surface area contributed by atoms with E-state index in [1.165, 1.54) is 0 Å². The van der Waals surface area contributed by atoms with Gasteiger partial charge < -0.3 is 14.5 Å². The summed E-state index contributed by atoms with van der Waals surface area (Å²) in [5, 5.41) is 0. The minimum Gasteiger partial charge on any atom is -0.368 e. The number of hydrogen-bond donors (Lipinski definition) is 1. The quantitative estimate of drug-likeness (QED) is 0.773. The molecule has 4 rings (SSSR count). The van der Waals surface area contributed by atoms with Crippen molar-refractivity contribution in [2.45, 2.75) is 96.2 Å². The van der Waals surface area contributed by atoms with Crippen LogP contribution in [0.5, 0.6) is 0 Å². The van der Waals surface area contributed by atoms with Gasteiger partial charge in [0.25, 0.3) is 5.91 Å². The molecule has 0 aromatic rings. The van der Waals surface area contributed by atoms with E-state index in [-0.39, 0.29) is 42.1 Å². The molecule has 158 valence electrons. The molecule has 7 nitrogen and oxygen atoms in total. The van der Waals surface area contributed by atoms with Crippen LogP contribution in [0.1, 0.15) is 59.8 Å². The first-order valence-corrected chi connectivity index (χ1v) is 11.0. The number of ether oxygens (including phenoxy) is 1. The number of piperazine rings is 1. The largest absolute Gasteiger partial charge is 0.368 e. The highest BCUT2D eigenvalue weighted by molar-refractivity contribution is 5.82. The van der Waals surface area contributed by atoms with Crippen molar-refractivity contribution in [1.29, 1.82) is 0 Å². The second kappa shape index (κ2) is 7.92. The molecule has 0 bridgehead atoms. The van der Waals surface area contributed by atoms with Gasteiger partial charge in [0.1, 0.15) is 6.10 Å². The minimum atomic E-state index is -0.300. The Morgan fingerprint density at radius 2 is 1.86 bits per heavy atom. The first-order chi connectivity index (χ1) is 13.4. The van der Waals surface area contributed by atoms with Gasteiger partial charge >= 0.3 is 0 Å². The third-order valence-electron chi connectivity index (χ3n) is 7.47. The fraction of sp³-hybridized carbons (Fsp3) is 0.905. The van der Waals surface area contributed by atoms with E-state index in [4.69, 9.17) is 9.57 Å². The van der Waals surface area contributed by atoms with Gasteiger partial charge in [-0.3, -0.25) is 14.4 Å². The van der Waals surface area contributed by atoms with Crippen LogP contribution in [0.2, 0.25) is 0 Å². The number of hydroxylamine groups is 1. The van der Waals surface area contributed by atoms with Crippen LogP contribution >= 0.6 is 0 Å². The maximum atomic E-state index is 13.3. The summed E-state index contributed by atoms with van der Waals surface area (Å²) >= 11 is 0. The van der Waals surface area contributed by atoms with E-state index in [1.807, 2.05) is 4.90 Å². The van der Waals surface area contributed by atoms with Gasteiger partial charge in [-0.05, 0) is 58.8 Å². The molecule has 4 fully saturated rings. The van der Waals surface area contributed by atoms with E-state index in [9.17, 15) is 9.59 Å². The summed E-state index contributed by atoms with van der Waals surface area (Å²) in [4.78, 5) is 35.5. The fourth-order valence-corrected chi connectivity index (χ4v) is 6.33. The van der Waals surface area contributed by atoms with E-state index in [0.29, 0.717) is 31.0 Å². The van der Waals surface area contributed by atoms with E-state index in [2.05, 4.69) is 31.2 Å². The molecular weight excluding hydrogens is 358 g/mol. The molecule has 3 heterocycles. The van der Waals surface area contributed by atoms with Crippen molar-refractivity contribution in [3.8, 4) is 0 Å². The van der Waals surface area contributed by atoms with Gasteiger partial charge in [-0.1, -0.05) is 0 Å². The van der Waals surface area contributed by atoms with Crippen LogP contribution in [-0.4, -0.2) is 71.1 Å². The number of amides is 2. The minimum absolute atomic E-state index is 0.0509. The second-order valence-corrected chi connectivity index (χ2v) is 9.28. The number of nitrogens with zero attached hydrogens (tertiary/aromatic N) is 2. The molecule has 0 aromatic heterocycles. The van der Waals surface area contributed by atoms with Gasteiger partial charge in [0, 0.05) is 38.1 Å². The average molecular weight is 394 g/mol. The molecule has 28 heavy (non-hydrogen) atoms. The molecule has 2 amide bonds. The molecule has 0 radical (unpaired) electrons. The number of carbonyl (C=O) groups excluding carboxylic acids is 2. The van der Waals surface area contributed by atoms with Gasteiger partial charge in [-0.25, -0.2) is 0 Å². The Labute approximate surface area is 168 Å². The SMILES string of the molecule is CC(=O)N1C2CCC(C3C(C)NOC3C)CC2N(C(=O)C2CCCO2)C[C@@H]1C. The fourth-order valence-electron chi connectivity index (χ4n) is 6.33. The Morgan fingerprint density at radius 3 is 2.46 bits per heavy atom. The Morgan fingerprint density at radius 1 is 1.07 bits per heavy atom. The van der Waals surface area contributed by atoms with Crippen molar-refractivity contribution in [3.63, 3.8) is 0 Å². The number of nitrogens with one attached hydrogen (secondary N) is 1. The zero-order valence-corrected chi connectivity index (χ0v) is 17.6. The summed E-state index contributed by atoms with van der Waals surface area (Å²) in [6.07, 6.45) is 4.60. The molecule has 0 aromatic carbocycles. The second-order valence-electron chi connectivity index (χ2n) is 9.28. The van der Waals surface area contributed by atoms with Crippen molar-refractivity contribution >= 4 is 11.8 Å². The lowest BCUT2D eigenvalue weighted by Crippen LogP contribution is -2.68. The summed E-state index contributed by atoms with van der Waals surface area (Å²) in [5.41, 5.74) is 3.14. The molecule has 4 aliphatic rings. The number of rotatable bonds is 2. The Hall–Kier alpha value is -1.18. The Bertz CT molecular complexity index is 598. The first-order valence-electron chi connectivity index (χ1n) is 11.0. The maximum Gasteiger partial charge on any atom is 0.252 e. The summed E-state index contributed by atoms with van der Waals surface area (Å²) in [6, 6.07) is 0.555. The number of hydrogen-bond acceptors (Lipinski definition) is 5. The van der Waals surface area contributed by atoms with E-state index >= 15 is 0 Å². The smallest absolute Gasteiger partial charge is 0.252 e. The van der Waals surface area contributed by atoms with Gasteiger partial charge in [-0.15, -0.1) is 0 Å². The van der Waals surface area contributed by atoms with E-state index in [0.717, 1.165) is 32.1 Å². The highest BCUT2D eigenvalue weighted by Crippen LogP contribution is 2.42. The third-order valence-corrected chi connectivity index (χ3v) is 7.47. The molecule has 1 aliphatic carbocycles. The molecule has 8 atom stereocenters. The zero-order chi connectivity index (χ0) is 20.0. The highest BCUT2D eigenvalue weighted by Gasteiger charge is 2.50. The summed E-state index contributed by atoms with van der Waals surface area (Å²) in [5.74, 6) is 1.18. The molecule has 7 heteroatoms. The average Bonchev–Trinajstić information content (AvgIpc) is 3.30. The topological polar surface area (TPSA) is 71.1 Å². The number of fused-ring (bicyclic) bond motifs is 1. The van der Waals surface area contributed by atoms with E-state index < -0.39 is 0 Å². The molecule has 1 N–H and O–H groups in total. The summed E-state index contributed by atoms with van der Waals surface area (Å²) in [6.45, 7) is 9.33. The van der Waals surface area contributed by atoms with Gasteiger partial charge in [0.05, 0.1) is 18.2 Å². The molecule has 0 spiro atoms. The Kier molecular flexibility index (Phi) is 5.69. The van der Waals surface area contributed by atoms with Crippen molar-refractivity contribution in [2.75, 3.05) is 13.2 Å². The van der Waals surface area contributed by atoms with Crippen LogP contribution in [-0.2, 0) is 19.2 Å². The molecule has 7 unspecified atom stereocenters. The summed E-state index contributed by atoms with van der Waals surface area (Å²) in [7, 11) is 0. The molecule has 3 aliphatic heterocycles. The standard InChI is InChI=1S/C21H35N3O4/c1-12-11-23(21(26)19-6-5-9-27-19)18-10-16(20-13(2)22-28-14(20)3)7-8-17(18)24(12)15(4)25/h12-14,16-20,22H,5-11H2,1-4H3/t12-,13?,14?,16?,17?,18?,19?,20?/m0/s1. The van der Waals surface area contributed by atoms with Crippen LogP contribution in [0.15, 0.2) is 0 Å². The maximum absolute atomic E-state index is 13.3. The predicted octanol–water partition coefficient (Wildman–Crippen LogP) is 1.71. The van der Waals surface area contributed by atoms with Crippen molar-refractivity contribution < 1.29 is 19.2 Å². The lowest BCUT2D eigenvalue weighted by atomic mass is 9.70. The monoisotopic (exact) mass is 393 g/mol. The normalized spacial score (nSPS) is 43.9. The van der Waals surface area contributed by atoms with E-state index in [1.54, 1.807) is 6.92 Å². The van der Waals surface area contributed by atoms with Crippen LogP contribution in [0.25, 0.3) is 0 Å². The highest BCUT2D eigenvalue weighted by atomic mass is 16.7. The van der Waals surface area contributed by atoms with Crippen LogP contribution in [0.4, 0.5) is 0 Å². The van der Waals surface area contributed by atoms with Crippen LogP contribution in [0, 0.1) is 11.8 Å². The third kappa shape index (κ3) is 3.46. The van der Waals surface area contributed by atoms with Crippen molar-refractivity contribution in [1.82, 2.24) is 15.3 Å². The zero-order valence-electron chi connectivity index (χ0n) is 17.6. The Balaban J connectivity index is 1.58. The lowest BCUT2D eigenvalue weighted by Gasteiger charge is -2.55. The predicted molar refractivity (Wildman–Crippen MR) is 104 cm³/mol. The van der Waals surface area contributed by atoms with Crippen molar-refractivity contribution in [2.24, 2.45) is 11.8 Å². The lowest BCUT2D eigenvalue weighted by molar-refractivity contribution is -0.160. The summed E-state index contributed by atoms with van der Waals surface area (Å²) < 4.78 is 5.72. The van der Waals surface area contributed by atoms with Gasteiger partial charge in [-0.2, -0.15) is 5.48 Å². The molecule has 3 saturated heterocycles. The van der Waals surface area contributed by atoms with Gasteiger partial charge in [0.15, 0.2) is 0 Å². The molecule has 1 saturated carbocycles. The van der Waals surface area contributed by atoms with Crippen LogP contribution < -0.4 is 5.48 Å².